The van der Waals surface area contributed by atoms with Gasteiger partial charge in [0.25, 0.3) is 5.82 Å². The molecule has 1 rings (SSSR count). The topological polar surface area (TPSA) is 19.7 Å². The first-order valence-electron chi connectivity index (χ1n) is 21.8. The van der Waals surface area contributed by atoms with Crippen LogP contribution in [-0.4, -0.2) is 4.98 Å². The van der Waals surface area contributed by atoms with Crippen molar-refractivity contribution in [1.82, 2.24) is 4.98 Å². The van der Waals surface area contributed by atoms with Crippen LogP contribution in [0.1, 0.15) is 270 Å². The average Bonchev–Trinajstić information content (AvgIpc) is 3.55. The molecule has 0 saturated carbocycles. The van der Waals surface area contributed by atoms with Crippen molar-refractivity contribution in [1.29, 1.82) is 0 Å². The van der Waals surface area contributed by atoms with Gasteiger partial charge in [-0.15, -0.1) is 0 Å². The van der Waals surface area contributed by atoms with Crippen LogP contribution in [-0.2, 0) is 0 Å². The van der Waals surface area contributed by atoms with Crippen molar-refractivity contribution in [3.63, 3.8) is 0 Å². The van der Waals surface area contributed by atoms with Crippen LogP contribution in [0.15, 0.2) is 12.4 Å². The van der Waals surface area contributed by atoms with E-state index in [1.54, 1.807) is 0 Å². The molecule has 0 aliphatic carbocycles. The molecule has 0 spiro atoms. The second-order valence-corrected chi connectivity index (χ2v) is 15.4. The maximum Gasteiger partial charge on any atom is 0.257 e. The lowest BCUT2D eigenvalue weighted by Crippen LogP contribution is -2.41. The molecule has 2 heteroatoms. The van der Waals surface area contributed by atoms with Gasteiger partial charge in [0.2, 0.25) is 0 Å². The van der Waals surface area contributed by atoms with Crippen molar-refractivity contribution in [2.24, 2.45) is 0 Å². The standard InChI is InChI=1S/C44H86N2/c1-5-8-10-12-14-16-18-20-22-24-26-28-30-32-34-36-39-43(44-45-40-41-46(44)42(4)37-7-3)38-35-33-31-29-27-25-23-21-19-17-15-13-11-9-6-2/h40-43H,5-39H2,1-4H3/p+1. The Bertz CT molecular complexity index is 709. The minimum atomic E-state index is 0.612. The molecule has 2 unspecified atom stereocenters. The van der Waals surface area contributed by atoms with Crippen molar-refractivity contribution in [3.05, 3.63) is 18.2 Å². The summed E-state index contributed by atoms with van der Waals surface area (Å²) in [6, 6.07) is 0.612. The zero-order valence-corrected chi connectivity index (χ0v) is 32.5. The predicted molar refractivity (Wildman–Crippen MR) is 207 cm³/mol. The lowest BCUT2D eigenvalue weighted by molar-refractivity contribution is -0.727. The second-order valence-electron chi connectivity index (χ2n) is 15.4. The Kier molecular flexibility index (Phi) is 32.0. The normalized spacial score (nSPS) is 13.0. The van der Waals surface area contributed by atoms with Gasteiger partial charge in [0.1, 0.15) is 12.4 Å². The molecule has 1 N–H and O–H groups in total. The van der Waals surface area contributed by atoms with Gasteiger partial charge in [-0.3, -0.25) is 0 Å². The summed E-state index contributed by atoms with van der Waals surface area (Å²) in [6.07, 6.45) is 54.8. The third-order valence-electron chi connectivity index (χ3n) is 10.9. The van der Waals surface area contributed by atoms with Gasteiger partial charge in [-0.1, -0.05) is 226 Å². The highest BCUT2D eigenvalue weighted by molar-refractivity contribution is 4.90. The Morgan fingerprint density at radius 1 is 0.413 bits per heavy atom. The molecular formula is C44H87N2+. The van der Waals surface area contributed by atoms with Gasteiger partial charge in [0, 0.05) is 0 Å². The van der Waals surface area contributed by atoms with Crippen LogP contribution in [0.2, 0.25) is 0 Å². The Hall–Kier alpha value is -0.790. The average molecular weight is 644 g/mol. The van der Waals surface area contributed by atoms with E-state index in [1.165, 1.54) is 231 Å². The van der Waals surface area contributed by atoms with Crippen LogP contribution in [0.5, 0.6) is 0 Å². The summed E-state index contributed by atoms with van der Waals surface area (Å²) < 4.78 is 2.59. The molecule has 1 heterocycles. The Morgan fingerprint density at radius 3 is 1.02 bits per heavy atom. The van der Waals surface area contributed by atoms with E-state index < -0.39 is 0 Å². The molecule has 0 amide bonds. The van der Waals surface area contributed by atoms with Crippen molar-refractivity contribution in [2.45, 2.75) is 264 Å². The van der Waals surface area contributed by atoms with Crippen molar-refractivity contribution < 1.29 is 4.57 Å². The van der Waals surface area contributed by atoms with Gasteiger partial charge < -0.3 is 0 Å². The highest BCUT2D eigenvalue weighted by Gasteiger charge is 2.25. The zero-order valence-electron chi connectivity index (χ0n) is 32.5. The summed E-state index contributed by atoms with van der Waals surface area (Å²) in [4.78, 5) is 3.71. The zero-order chi connectivity index (χ0) is 33.2. The minimum Gasteiger partial charge on any atom is -0.247 e. The molecule has 272 valence electrons. The third kappa shape index (κ3) is 25.3. The van der Waals surface area contributed by atoms with E-state index in [0.717, 1.165) is 0 Å². The molecule has 2 nitrogen and oxygen atoms in total. The summed E-state index contributed by atoms with van der Waals surface area (Å²) in [5, 5.41) is 0. The summed E-state index contributed by atoms with van der Waals surface area (Å²) in [5.41, 5.74) is 0. The fraction of sp³-hybridized carbons (Fsp3) is 0.932. The van der Waals surface area contributed by atoms with Gasteiger partial charge in [0.05, 0.1) is 12.0 Å². The molecule has 0 saturated heterocycles. The first-order valence-corrected chi connectivity index (χ1v) is 21.8. The summed E-state index contributed by atoms with van der Waals surface area (Å²) >= 11 is 0. The molecular weight excluding hydrogens is 556 g/mol. The van der Waals surface area contributed by atoms with Crippen molar-refractivity contribution >= 4 is 0 Å². The smallest absolute Gasteiger partial charge is 0.247 e. The van der Waals surface area contributed by atoms with E-state index in [1.807, 2.05) is 0 Å². The fourth-order valence-electron chi connectivity index (χ4n) is 7.75. The van der Waals surface area contributed by atoms with E-state index in [-0.39, 0.29) is 0 Å². The lowest BCUT2D eigenvalue weighted by atomic mass is 9.92. The number of aromatic nitrogens is 2. The number of nitrogens with zero attached hydrogens (tertiary/aromatic N) is 1. The minimum absolute atomic E-state index is 0.612. The van der Waals surface area contributed by atoms with E-state index in [2.05, 4.69) is 49.6 Å². The van der Waals surface area contributed by atoms with E-state index in [0.29, 0.717) is 12.0 Å². The molecule has 0 aliphatic rings. The van der Waals surface area contributed by atoms with E-state index in [9.17, 15) is 0 Å². The number of rotatable bonds is 37. The number of hydrogen-bond acceptors (Lipinski definition) is 0. The third-order valence-corrected chi connectivity index (χ3v) is 10.9. The molecule has 1 aromatic rings. The van der Waals surface area contributed by atoms with Gasteiger partial charge in [-0.2, -0.15) is 0 Å². The fourth-order valence-corrected chi connectivity index (χ4v) is 7.75. The number of aromatic amines is 1. The molecule has 0 radical (unpaired) electrons. The maximum absolute atomic E-state index is 3.71. The molecule has 0 fully saturated rings. The largest absolute Gasteiger partial charge is 0.257 e. The SMILES string of the molecule is CCCCCCCCCCCCCCCCCCC(CCCCCCCCCCCCCCCCC)c1[nH]cc[n+]1C(C)CCC. The number of imidazole rings is 1. The quantitative estimate of drug-likeness (QED) is 0.0550. The van der Waals surface area contributed by atoms with Crippen LogP contribution < -0.4 is 4.57 Å². The monoisotopic (exact) mass is 644 g/mol. The predicted octanol–water partition coefficient (Wildman–Crippen LogP) is 15.7. The number of nitrogens with one attached hydrogen (secondary N) is 1. The van der Waals surface area contributed by atoms with Crippen LogP contribution in [0, 0.1) is 0 Å². The number of hydrogen-bond donors (Lipinski definition) is 1. The Balaban J connectivity index is 2.17. The van der Waals surface area contributed by atoms with Gasteiger partial charge >= 0.3 is 0 Å². The van der Waals surface area contributed by atoms with Crippen LogP contribution in [0.4, 0.5) is 0 Å². The van der Waals surface area contributed by atoms with Crippen molar-refractivity contribution in [3.8, 4) is 0 Å². The number of H-pyrrole nitrogens is 1. The Morgan fingerprint density at radius 2 is 0.717 bits per heavy atom. The van der Waals surface area contributed by atoms with Crippen LogP contribution in [0.3, 0.4) is 0 Å². The molecule has 0 aromatic carbocycles. The highest BCUT2D eigenvalue weighted by Crippen LogP contribution is 2.27. The Labute approximate surface area is 291 Å². The van der Waals surface area contributed by atoms with Crippen LogP contribution >= 0.6 is 0 Å². The lowest BCUT2D eigenvalue weighted by Gasteiger charge is -2.17. The van der Waals surface area contributed by atoms with Crippen molar-refractivity contribution in [2.75, 3.05) is 0 Å². The van der Waals surface area contributed by atoms with E-state index in [4.69, 9.17) is 0 Å². The molecule has 0 bridgehead atoms. The molecule has 2 atom stereocenters. The van der Waals surface area contributed by atoms with Gasteiger partial charge in [0.15, 0.2) is 0 Å². The van der Waals surface area contributed by atoms with Gasteiger partial charge in [-0.05, 0) is 26.2 Å². The summed E-state index contributed by atoms with van der Waals surface area (Å²) in [7, 11) is 0. The molecule has 0 aliphatic heterocycles. The first kappa shape index (κ1) is 43.2. The van der Waals surface area contributed by atoms with E-state index >= 15 is 0 Å². The molecule has 1 aromatic heterocycles. The number of unbranched alkanes of at least 4 members (excludes halogenated alkanes) is 29. The first-order chi connectivity index (χ1) is 22.7. The van der Waals surface area contributed by atoms with Gasteiger partial charge in [-0.25, -0.2) is 9.55 Å². The maximum atomic E-state index is 3.71. The van der Waals surface area contributed by atoms with Crippen LogP contribution in [0.25, 0.3) is 0 Å². The highest BCUT2D eigenvalue weighted by atomic mass is 15.1. The summed E-state index contributed by atoms with van der Waals surface area (Å²) in [6.45, 7) is 9.37. The second kappa shape index (κ2) is 34.1. The summed E-state index contributed by atoms with van der Waals surface area (Å²) in [5.74, 6) is 2.23. The molecule has 46 heavy (non-hydrogen) atoms.